The molecule has 0 fully saturated rings. The molecule has 1 aliphatic rings. The number of hydrogen-bond acceptors (Lipinski definition) is 2. The summed E-state index contributed by atoms with van der Waals surface area (Å²) in [6.07, 6.45) is 5.18. The van der Waals surface area contributed by atoms with Crippen LogP contribution in [-0.4, -0.2) is 10.1 Å². The Labute approximate surface area is 96.4 Å². The van der Waals surface area contributed by atoms with Crippen molar-refractivity contribution in [1.82, 2.24) is 4.72 Å². The number of hydrogen-bond donors (Lipinski definition) is 2. The fourth-order valence-electron chi connectivity index (χ4n) is 0.920. The van der Waals surface area contributed by atoms with Gasteiger partial charge in [0.05, 0.1) is 0 Å². The van der Waals surface area contributed by atoms with Crippen molar-refractivity contribution in [2.45, 2.75) is 0 Å². The van der Waals surface area contributed by atoms with Gasteiger partial charge in [-0.1, -0.05) is 24.3 Å². The van der Waals surface area contributed by atoms with Crippen LogP contribution < -0.4 is 10.5 Å². The number of rotatable bonds is 1. The number of carbonyl (C=O) groups is 1. The summed E-state index contributed by atoms with van der Waals surface area (Å²) in [5.74, 6) is -0.379. The summed E-state index contributed by atoms with van der Waals surface area (Å²) in [5.41, 5.74) is 5.53. The molecule has 1 heterocycles. The highest BCUT2D eigenvalue weighted by Crippen LogP contribution is 1.94. The second-order valence-electron chi connectivity index (χ2n) is 2.83. The Morgan fingerprint density at radius 3 is 2.19 bits per heavy atom. The first kappa shape index (κ1) is 12.2. The molecule has 84 valence electrons. The van der Waals surface area contributed by atoms with Crippen LogP contribution in [0.1, 0.15) is 10.4 Å². The lowest BCUT2D eigenvalue weighted by molar-refractivity contribution is 0.100. The topological polar surface area (TPSA) is 72.2 Å². The first-order valence-corrected chi connectivity index (χ1v) is 5.76. The average molecular weight is 236 g/mol. The van der Waals surface area contributed by atoms with Crippen LogP contribution in [0.3, 0.4) is 0 Å². The Bertz CT molecular complexity index is 427. The van der Waals surface area contributed by atoms with Crippen molar-refractivity contribution in [2.75, 3.05) is 0 Å². The van der Waals surface area contributed by atoms with Crippen molar-refractivity contribution in [1.29, 1.82) is 0 Å². The van der Waals surface area contributed by atoms with E-state index in [1.807, 2.05) is 6.07 Å². The summed E-state index contributed by atoms with van der Waals surface area (Å²) in [4.78, 5) is 10.4. The number of primary amides is 1. The Morgan fingerprint density at radius 1 is 1.19 bits per heavy atom. The van der Waals surface area contributed by atoms with Gasteiger partial charge >= 0.3 is 0 Å². The Balaban J connectivity index is 0.000000165. The fourth-order valence-corrected chi connectivity index (χ4v) is 1.45. The molecule has 0 saturated carbocycles. The van der Waals surface area contributed by atoms with E-state index < -0.39 is 11.0 Å². The predicted molar refractivity (Wildman–Crippen MR) is 64.5 cm³/mol. The number of amides is 1. The Morgan fingerprint density at radius 2 is 1.88 bits per heavy atom. The van der Waals surface area contributed by atoms with Crippen molar-refractivity contribution in [3.8, 4) is 0 Å². The van der Waals surface area contributed by atoms with Crippen LogP contribution in [0.2, 0.25) is 0 Å². The molecule has 0 aromatic heterocycles. The van der Waals surface area contributed by atoms with Gasteiger partial charge in [0.25, 0.3) is 0 Å². The minimum atomic E-state index is -0.958. The minimum Gasteiger partial charge on any atom is -0.366 e. The summed E-state index contributed by atoms with van der Waals surface area (Å²) in [7, 11) is -0.958. The first-order valence-electron chi connectivity index (χ1n) is 4.55. The zero-order valence-corrected chi connectivity index (χ0v) is 9.31. The minimum absolute atomic E-state index is 0.379. The number of carbonyl (C=O) groups excluding carboxylic acids is 1. The van der Waals surface area contributed by atoms with Gasteiger partial charge in [0, 0.05) is 17.2 Å². The third-order valence-electron chi connectivity index (χ3n) is 1.65. The second-order valence-corrected chi connectivity index (χ2v) is 3.94. The van der Waals surface area contributed by atoms with Gasteiger partial charge in [-0.25, -0.2) is 4.21 Å². The van der Waals surface area contributed by atoms with Crippen molar-refractivity contribution in [3.05, 3.63) is 59.7 Å². The van der Waals surface area contributed by atoms with Crippen LogP contribution in [0.5, 0.6) is 0 Å². The van der Waals surface area contributed by atoms with E-state index >= 15 is 0 Å². The number of nitrogens with one attached hydrogen (secondary N) is 1. The lowest BCUT2D eigenvalue weighted by atomic mass is 10.2. The van der Waals surface area contributed by atoms with E-state index in [1.165, 1.54) is 0 Å². The van der Waals surface area contributed by atoms with E-state index in [9.17, 15) is 9.00 Å². The highest BCUT2D eigenvalue weighted by molar-refractivity contribution is 7.86. The predicted octanol–water partition coefficient (Wildman–Crippen LogP) is 1.07. The number of nitrogens with two attached hydrogens (primary N) is 1. The summed E-state index contributed by atoms with van der Waals surface area (Å²) in [6, 6.07) is 8.76. The molecule has 1 amide bonds. The SMILES string of the molecule is NC(=O)c1ccccc1.O=S1C=CC=CN1. The van der Waals surface area contributed by atoms with Crippen LogP contribution in [-0.2, 0) is 11.0 Å². The zero-order chi connectivity index (χ0) is 11.8. The maximum atomic E-state index is 10.4. The van der Waals surface area contributed by atoms with Gasteiger partial charge in [0.1, 0.15) is 11.0 Å². The Hall–Kier alpha value is -1.88. The molecule has 0 aliphatic carbocycles. The molecule has 1 aromatic carbocycles. The van der Waals surface area contributed by atoms with Gasteiger partial charge < -0.3 is 10.5 Å². The van der Waals surface area contributed by atoms with E-state index in [0.29, 0.717) is 5.56 Å². The maximum absolute atomic E-state index is 10.4. The molecule has 2 rings (SSSR count). The third kappa shape index (κ3) is 4.56. The van der Waals surface area contributed by atoms with Crippen LogP contribution >= 0.6 is 0 Å². The maximum Gasteiger partial charge on any atom is 0.248 e. The average Bonchev–Trinajstić information content (AvgIpc) is 2.32. The summed E-state index contributed by atoms with van der Waals surface area (Å²) in [6.45, 7) is 0. The molecule has 1 unspecified atom stereocenters. The molecule has 5 heteroatoms. The Kier molecular flexibility index (Phi) is 5.01. The molecule has 1 atom stereocenters. The van der Waals surface area contributed by atoms with Gasteiger partial charge in [-0.15, -0.1) is 0 Å². The van der Waals surface area contributed by atoms with Crippen molar-refractivity contribution in [2.24, 2.45) is 5.73 Å². The molecular formula is C11H12N2O2S. The lowest BCUT2D eigenvalue weighted by Gasteiger charge is -1.94. The van der Waals surface area contributed by atoms with Crippen LogP contribution in [0.15, 0.2) is 54.1 Å². The second kappa shape index (κ2) is 6.58. The molecular weight excluding hydrogens is 224 g/mol. The number of allylic oxidation sites excluding steroid dienone is 2. The van der Waals surface area contributed by atoms with Gasteiger partial charge in [0.15, 0.2) is 0 Å². The van der Waals surface area contributed by atoms with Gasteiger partial charge in [-0.2, -0.15) is 0 Å². The summed E-state index contributed by atoms with van der Waals surface area (Å²) >= 11 is 0. The molecule has 4 nitrogen and oxygen atoms in total. The van der Waals surface area contributed by atoms with E-state index in [1.54, 1.807) is 48.0 Å². The third-order valence-corrected chi connectivity index (χ3v) is 2.42. The van der Waals surface area contributed by atoms with Crippen molar-refractivity contribution < 1.29 is 9.00 Å². The zero-order valence-electron chi connectivity index (χ0n) is 8.50. The number of benzene rings is 1. The van der Waals surface area contributed by atoms with E-state index in [-0.39, 0.29) is 5.91 Å². The molecule has 1 aromatic rings. The smallest absolute Gasteiger partial charge is 0.248 e. The normalized spacial score (nSPS) is 16.9. The quantitative estimate of drug-likeness (QED) is 0.765. The molecule has 1 aliphatic heterocycles. The largest absolute Gasteiger partial charge is 0.366 e. The summed E-state index contributed by atoms with van der Waals surface area (Å²) in [5, 5.41) is 1.58. The molecule has 0 saturated heterocycles. The van der Waals surface area contributed by atoms with Gasteiger partial charge in [-0.3, -0.25) is 4.79 Å². The van der Waals surface area contributed by atoms with Gasteiger partial charge in [-0.05, 0) is 18.2 Å². The monoisotopic (exact) mass is 236 g/mol. The van der Waals surface area contributed by atoms with Gasteiger partial charge in [0.2, 0.25) is 5.91 Å². The standard InChI is InChI=1S/C7H7NO.C4H5NOS/c8-7(9)6-4-2-1-3-5-6;6-7-4-2-1-3-5-7/h1-5H,(H2,8,9);1-5H. The van der Waals surface area contributed by atoms with Crippen LogP contribution in [0.4, 0.5) is 0 Å². The molecule has 0 radical (unpaired) electrons. The van der Waals surface area contributed by atoms with Crippen molar-refractivity contribution in [3.63, 3.8) is 0 Å². The van der Waals surface area contributed by atoms with Crippen molar-refractivity contribution >= 4 is 16.9 Å². The molecule has 0 bridgehead atoms. The molecule has 16 heavy (non-hydrogen) atoms. The van der Waals surface area contributed by atoms with Crippen LogP contribution in [0.25, 0.3) is 0 Å². The van der Waals surface area contributed by atoms with E-state index in [4.69, 9.17) is 5.73 Å². The van der Waals surface area contributed by atoms with E-state index in [0.717, 1.165) is 0 Å². The lowest BCUT2D eigenvalue weighted by Crippen LogP contribution is -2.09. The molecule has 0 spiro atoms. The molecule has 3 N–H and O–H groups in total. The first-order chi connectivity index (χ1) is 7.70. The highest BCUT2D eigenvalue weighted by atomic mass is 32.2. The summed E-state index contributed by atoms with van der Waals surface area (Å²) < 4.78 is 12.9. The van der Waals surface area contributed by atoms with Crippen LogP contribution in [0, 0.1) is 0 Å². The highest BCUT2D eigenvalue weighted by Gasteiger charge is 1.93. The fraction of sp³-hybridized carbons (Fsp3) is 0. The van der Waals surface area contributed by atoms with E-state index in [2.05, 4.69) is 4.72 Å².